The van der Waals surface area contributed by atoms with E-state index >= 15 is 0 Å². The van der Waals surface area contributed by atoms with Crippen LogP contribution >= 0.6 is 22.9 Å². The number of sulfonamides is 1. The second-order valence-electron chi connectivity index (χ2n) is 5.08. The van der Waals surface area contributed by atoms with Crippen LogP contribution < -0.4 is 0 Å². The van der Waals surface area contributed by atoms with Gasteiger partial charge in [-0.1, -0.05) is 13.8 Å². The molecule has 0 amide bonds. The van der Waals surface area contributed by atoms with Crippen molar-refractivity contribution < 1.29 is 8.42 Å². The topological polar surface area (TPSA) is 37.4 Å². The summed E-state index contributed by atoms with van der Waals surface area (Å²) in [7, 11) is -3.38. The highest BCUT2D eigenvalue weighted by molar-refractivity contribution is 7.89. The van der Waals surface area contributed by atoms with Crippen molar-refractivity contribution in [2.24, 2.45) is 11.8 Å². The maximum absolute atomic E-state index is 12.7. The van der Waals surface area contributed by atoms with E-state index in [9.17, 15) is 8.42 Å². The number of hydrogen-bond acceptors (Lipinski definition) is 3. The Morgan fingerprint density at radius 1 is 1.39 bits per heavy atom. The molecule has 0 aromatic carbocycles. The molecule has 1 saturated heterocycles. The van der Waals surface area contributed by atoms with Crippen LogP contribution in [0.25, 0.3) is 0 Å². The van der Waals surface area contributed by atoms with Crippen molar-refractivity contribution in [3.05, 3.63) is 15.8 Å². The minimum absolute atomic E-state index is 0.256. The van der Waals surface area contributed by atoms with E-state index in [1.54, 1.807) is 4.31 Å². The molecule has 2 atom stereocenters. The Balaban J connectivity index is 2.40. The van der Waals surface area contributed by atoms with Gasteiger partial charge in [0.15, 0.2) is 0 Å². The summed E-state index contributed by atoms with van der Waals surface area (Å²) in [6.07, 6.45) is 0. The van der Waals surface area contributed by atoms with E-state index in [-0.39, 0.29) is 5.88 Å². The standard InChI is InChI=1S/C12H18ClNO2S2/c1-8-5-14(6-9(8)2)18(15,16)12-10(3)7-17-11(12)4-13/h7-9H,4-6H2,1-3H3. The molecule has 2 unspecified atom stereocenters. The number of rotatable bonds is 3. The van der Waals surface area contributed by atoms with E-state index in [1.807, 2.05) is 12.3 Å². The second kappa shape index (κ2) is 5.12. The summed E-state index contributed by atoms with van der Waals surface area (Å²) in [4.78, 5) is 1.19. The fourth-order valence-corrected chi connectivity index (χ4v) is 5.98. The maximum atomic E-state index is 12.7. The van der Waals surface area contributed by atoms with E-state index in [1.165, 1.54) is 11.3 Å². The van der Waals surface area contributed by atoms with Crippen LogP contribution in [-0.4, -0.2) is 25.8 Å². The van der Waals surface area contributed by atoms with Gasteiger partial charge in [-0.25, -0.2) is 8.42 Å². The lowest BCUT2D eigenvalue weighted by Crippen LogP contribution is -2.29. The molecular formula is C12H18ClNO2S2. The van der Waals surface area contributed by atoms with Crippen LogP contribution in [0.4, 0.5) is 0 Å². The summed E-state index contributed by atoms with van der Waals surface area (Å²) in [5.74, 6) is 1.09. The normalized spacial score (nSPS) is 25.8. The Labute approximate surface area is 118 Å². The Morgan fingerprint density at radius 3 is 2.44 bits per heavy atom. The third-order valence-electron chi connectivity index (χ3n) is 3.66. The van der Waals surface area contributed by atoms with Crippen molar-refractivity contribution in [1.29, 1.82) is 0 Å². The van der Waals surface area contributed by atoms with Crippen molar-refractivity contribution in [2.45, 2.75) is 31.5 Å². The molecule has 0 spiro atoms. The Kier molecular flexibility index (Phi) is 4.07. The number of aryl methyl sites for hydroxylation is 1. The number of thiophene rings is 1. The summed E-state index contributed by atoms with van der Waals surface area (Å²) in [5.41, 5.74) is 0.808. The van der Waals surface area contributed by atoms with E-state index in [0.29, 0.717) is 29.8 Å². The van der Waals surface area contributed by atoms with Gasteiger partial charge < -0.3 is 0 Å². The smallest absolute Gasteiger partial charge is 0.207 e. The van der Waals surface area contributed by atoms with Crippen LogP contribution in [-0.2, 0) is 15.9 Å². The van der Waals surface area contributed by atoms with Gasteiger partial charge in [-0.05, 0) is 29.7 Å². The van der Waals surface area contributed by atoms with E-state index in [4.69, 9.17) is 11.6 Å². The molecule has 2 heterocycles. The quantitative estimate of drug-likeness (QED) is 0.805. The van der Waals surface area contributed by atoms with Gasteiger partial charge >= 0.3 is 0 Å². The fourth-order valence-electron chi connectivity index (χ4n) is 2.33. The monoisotopic (exact) mass is 307 g/mol. The molecule has 1 aliphatic heterocycles. The van der Waals surface area contributed by atoms with Crippen molar-refractivity contribution in [1.82, 2.24) is 4.31 Å². The number of hydrogen-bond donors (Lipinski definition) is 0. The molecule has 102 valence electrons. The molecule has 6 heteroatoms. The minimum Gasteiger partial charge on any atom is -0.207 e. The number of alkyl halides is 1. The molecule has 1 aliphatic rings. The molecule has 0 N–H and O–H groups in total. The summed E-state index contributed by atoms with van der Waals surface area (Å²) < 4.78 is 26.9. The summed E-state index contributed by atoms with van der Waals surface area (Å²) in [6.45, 7) is 7.26. The highest BCUT2D eigenvalue weighted by atomic mass is 35.5. The first-order valence-corrected chi connectivity index (χ1v) is 8.86. The highest BCUT2D eigenvalue weighted by Crippen LogP contribution is 2.34. The minimum atomic E-state index is -3.38. The molecule has 1 aromatic heterocycles. The lowest BCUT2D eigenvalue weighted by atomic mass is 10.0. The zero-order chi connectivity index (χ0) is 13.5. The van der Waals surface area contributed by atoms with Crippen LogP contribution in [0.3, 0.4) is 0 Å². The van der Waals surface area contributed by atoms with Gasteiger partial charge in [0.05, 0.1) is 5.88 Å². The average molecular weight is 308 g/mol. The van der Waals surface area contributed by atoms with E-state index in [2.05, 4.69) is 13.8 Å². The molecule has 0 aliphatic carbocycles. The summed E-state index contributed by atoms with van der Waals surface area (Å²) >= 11 is 7.27. The lowest BCUT2D eigenvalue weighted by molar-refractivity contribution is 0.462. The van der Waals surface area contributed by atoms with Gasteiger partial charge in [0.25, 0.3) is 0 Å². The molecule has 1 aromatic rings. The van der Waals surface area contributed by atoms with Gasteiger partial charge in [0.1, 0.15) is 4.90 Å². The molecule has 3 nitrogen and oxygen atoms in total. The van der Waals surface area contributed by atoms with Crippen LogP contribution in [0.5, 0.6) is 0 Å². The average Bonchev–Trinajstić information content (AvgIpc) is 2.84. The SMILES string of the molecule is Cc1csc(CCl)c1S(=O)(=O)N1CC(C)C(C)C1. The van der Waals surface area contributed by atoms with Gasteiger partial charge in [-0.3, -0.25) is 0 Å². The van der Waals surface area contributed by atoms with E-state index in [0.717, 1.165) is 10.4 Å². The third-order valence-corrected chi connectivity index (χ3v) is 7.38. The Hall–Kier alpha value is -0.100. The van der Waals surface area contributed by atoms with Crippen molar-refractivity contribution in [3.63, 3.8) is 0 Å². The first-order chi connectivity index (χ1) is 8.37. The van der Waals surface area contributed by atoms with E-state index < -0.39 is 10.0 Å². The second-order valence-corrected chi connectivity index (χ2v) is 8.19. The predicted octanol–water partition coefficient (Wildman–Crippen LogP) is 3.07. The van der Waals surface area contributed by atoms with Crippen LogP contribution in [0.2, 0.25) is 0 Å². The first kappa shape index (κ1) is 14.3. The molecule has 2 rings (SSSR count). The molecule has 18 heavy (non-hydrogen) atoms. The number of halogens is 1. The molecule has 1 fully saturated rings. The maximum Gasteiger partial charge on any atom is 0.244 e. The summed E-state index contributed by atoms with van der Waals surface area (Å²) in [6, 6.07) is 0. The van der Waals surface area contributed by atoms with Gasteiger partial charge in [0.2, 0.25) is 10.0 Å². The predicted molar refractivity (Wildman–Crippen MR) is 75.7 cm³/mol. The molecule has 0 radical (unpaired) electrons. The van der Waals surface area contributed by atoms with Gasteiger partial charge in [-0.15, -0.1) is 22.9 Å². The molecule has 0 bridgehead atoms. The summed E-state index contributed by atoms with van der Waals surface area (Å²) in [5, 5.41) is 1.87. The Morgan fingerprint density at radius 2 is 1.94 bits per heavy atom. The van der Waals surface area contributed by atoms with Crippen LogP contribution in [0.15, 0.2) is 10.3 Å². The highest BCUT2D eigenvalue weighted by Gasteiger charge is 2.37. The third kappa shape index (κ3) is 2.33. The van der Waals surface area contributed by atoms with Gasteiger partial charge in [-0.2, -0.15) is 4.31 Å². The zero-order valence-electron chi connectivity index (χ0n) is 10.8. The number of nitrogens with zero attached hydrogens (tertiary/aromatic N) is 1. The van der Waals surface area contributed by atoms with Crippen LogP contribution in [0.1, 0.15) is 24.3 Å². The Bertz CT molecular complexity index is 528. The van der Waals surface area contributed by atoms with Crippen molar-refractivity contribution >= 4 is 33.0 Å². The van der Waals surface area contributed by atoms with Crippen molar-refractivity contribution in [3.8, 4) is 0 Å². The van der Waals surface area contributed by atoms with Crippen LogP contribution in [0, 0.1) is 18.8 Å². The zero-order valence-corrected chi connectivity index (χ0v) is 13.2. The fraction of sp³-hybridized carbons (Fsp3) is 0.667. The lowest BCUT2D eigenvalue weighted by Gasteiger charge is -2.17. The first-order valence-electron chi connectivity index (χ1n) is 6.01. The largest absolute Gasteiger partial charge is 0.244 e. The van der Waals surface area contributed by atoms with Crippen molar-refractivity contribution in [2.75, 3.05) is 13.1 Å². The molecular weight excluding hydrogens is 290 g/mol. The molecule has 0 saturated carbocycles. The van der Waals surface area contributed by atoms with Gasteiger partial charge in [0, 0.05) is 18.0 Å².